The van der Waals surface area contributed by atoms with Crippen LogP contribution in [0.1, 0.15) is 0 Å². The molecule has 3 heteroatoms. The van der Waals surface area contributed by atoms with Crippen LogP contribution in [0.25, 0.3) is 0 Å². The van der Waals surface area contributed by atoms with E-state index in [9.17, 15) is 0 Å². The van der Waals surface area contributed by atoms with Crippen LogP contribution in [0, 0.1) is 0 Å². The number of hydrogen-bond donors (Lipinski definition) is 1. The Hall–Kier alpha value is 0.0600. The fourth-order valence-corrected chi connectivity index (χ4v) is 0. The molecule has 1 unspecified atom stereocenters. The lowest BCUT2D eigenvalue weighted by molar-refractivity contribution is 0.509. The molecule has 0 spiro atoms. The molecule has 0 saturated heterocycles. The Morgan fingerprint density at radius 2 is 2.00 bits per heavy atom. The zero-order valence-electron chi connectivity index (χ0n) is 2.30. The van der Waals surface area contributed by atoms with Crippen LogP contribution in [0.15, 0.2) is 0 Å². The SMILES string of the molecule is C[P](=O)O. The van der Waals surface area contributed by atoms with E-state index in [1.807, 2.05) is 0 Å². The first-order chi connectivity index (χ1) is 1.73. The Morgan fingerprint density at radius 1 is 2.00 bits per heavy atom. The van der Waals surface area contributed by atoms with Crippen LogP contribution in [0.4, 0.5) is 0 Å². The topological polar surface area (TPSA) is 37.3 Å². The summed E-state index contributed by atoms with van der Waals surface area (Å²) in [6.07, 6.45) is 0. The fourth-order valence-electron chi connectivity index (χ4n) is 0. The maximum atomic E-state index is 9.15. The van der Waals surface area contributed by atoms with Crippen molar-refractivity contribution in [2.75, 3.05) is 6.66 Å². The third-order valence-corrected chi connectivity index (χ3v) is 0. The van der Waals surface area contributed by atoms with Crippen molar-refractivity contribution in [3.8, 4) is 0 Å². The normalized spacial score (nSPS) is 11.0. The summed E-state index contributed by atoms with van der Waals surface area (Å²) in [5, 5.41) is 0. The second kappa shape index (κ2) is 1.39. The highest BCUT2D eigenvalue weighted by molar-refractivity contribution is 7.36. The molecule has 1 atom stereocenters. The Morgan fingerprint density at radius 3 is 2.00 bits per heavy atom. The van der Waals surface area contributed by atoms with Crippen molar-refractivity contribution in [1.29, 1.82) is 0 Å². The van der Waals surface area contributed by atoms with Gasteiger partial charge in [0.1, 0.15) is 0 Å². The van der Waals surface area contributed by atoms with Crippen LogP contribution < -0.4 is 0 Å². The third kappa shape index (κ3) is 643. The molecule has 0 bridgehead atoms. The van der Waals surface area contributed by atoms with Crippen LogP contribution in [0.3, 0.4) is 0 Å². The smallest absolute Gasteiger partial charge is 0.206 e. The summed E-state index contributed by atoms with van der Waals surface area (Å²) in [6.45, 7) is 1.23. The van der Waals surface area contributed by atoms with Crippen molar-refractivity contribution in [2.24, 2.45) is 0 Å². The van der Waals surface area contributed by atoms with Crippen molar-refractivity contribution in [3.05, 3.63) is 0 Å². The first-order valence-corrected chi connectivity index (χ1v) is 2.49. The second-order valence-corrected chi connectivity index (χ2v) is 1.39. The Labute approximate surface area is 25.3 Å². The van der Waals surface area contributed by atoms with Gasteiger partial charge in [-0.05, 0) is 0 Å². The van der Waals surface area contributed by atoms with E-state index in [2.05, 4.69) is 0 Å². The molecule has 0 heterocycles. The van der Waals surface area contributed by atoms with Gasteiger partial charge in [0.15, 0.2) is 0 Å². The first-order valence-electron chi connectivity index (χ1n) is 0.830. The van der Waals surface area contributed by atoms with Crippen molar-refractivity contribution in [1.82, 2.24) is 0 Å². The lowest BCUT2D eigenvalue weighted by Gasteiger charge is -1.58. The Bertz CT molecular complexity index is 29.0. The van der Waals surface area contributed by atoms with Gasteiger partial charge >= 0.3 is 0 Å². The molecule has 0 saturated carbocycles. The van der Waals surface area contributed by atoms with Crippen molar-refractivity contribution >= 4 is 8.03 Å². The molecule has 25 valence electrons. The van der Waals surface area contributed by atoms with Gasteiger partial charge in [-0.25, -0.2) is 0 Å². The minimum absolute atomic E-state index is 1.23. The van der Waals surface area contributed by atoms with Gasteiger partial charge in [0.25, 0.3) is 0 Å². The highest BCUT2D eigenvalue weighted by atomic mass is 31.1. The molecule has 0 rings (SSSR count). The number of rotatable bonds is 0. The van der Waals surface area contributed by atoms with Crippen LogP contribution in [0.2, 0.25) is 0 Å². The zero-order valence-corrected chi connectivity index (χ0v) is 3.20. The molecule has 0 amide bonds. The van der Waals surface area contributed by atoms with Crippen LogP contribution in [-0.4, -0.2) is 11.6 Å². The molecule has 0 aliphatic heterocycles. The average molecular weight is 79.0 g/mol. The van der Waals surface area contributed by atoms with Crippen LogP contribution in [-0.2, 0) is 4.57 Å². The molecule has 4 heavy (non-hydrogen) atoms. The summed E-state index contributed by atoms with van der Waals surface area (Å²) >= 11 is 0. The van der Waals surface area contributed by atoms with E-state index in [1.54, 1.807) is 0 Å². The molecule has 0 aliphatic rings. The average Bonchev–Trinajstić information content (AvgIpc) is 0.811. The van der Waals surface area contributed by atoms with Crippen molar-refractivity contribution in [2.45, 2.75) is 0 Å². The van der Waals surface area contributed by atoms with E-state index in [0.29, 0.717) is 0 Å². The summed E-state index contributed by atoms with van der Waals surface area (Å²) in [5.41, 5.74) is 0. The van der Waals surface area contributed by atoms with Gasteiger partial charge in [0.05, 0.1) is 0 Å². The molecule has 1 N–H and O–H groups in total. The van der Waals surface area contributed by atoms with E-state index in [-0.39, 0.29) is 0 Å². The van der Waals surface area contributed by atoms with Gasteiger partial charge in [0.2, 0.25) is 8.03 Å². The largest absolute Gasteiger partial charge is 0.320 e. The highest BCUT2D eigenvalue weighted by Gasteiger charge is 1.62. The monoisotopic (exact) mass is 79.0 g/mol. The van der Waals surface area contributed by atoms with E-state index in [0.717, 1.165) is 0 Å². The summed E-state index contributed by atoms with van der Waals surface area (Å²) in [5.74, 6) is 0. The molecule has 0 aliphatic carbocycles. The van der Waals surface area contributed by atoms with Gasteiger partial charge < -0.3 is 4.89 Å². The van der Waals surface area contributed by atoms with Gasteiger partial charge in [-0.15, -0.1) is 0 Å². The zero-order chi connectivity index (χ0) is 3.58. The fraction of sp³-hybridized carbons (Fsp3) is 1.00. The lowest BCUT2D eigenvalue weighted by Crippen LogP contribution is -1.35. The van der Waals surface area contributed by atoms with Crippen molar-refractivity contribution in [3.63, 3.8) is 0 Å². The van der Waals surface area contributed by atoms with Gasteiger partial charge in [-0.1, -0.05) is 0 Å². The molecule has 0 aromatic rings. The molecule has 0 fully saturated rings. The summed E-state index contributed by atoms with van der Waals surface area (Å²) in [7, 11) is -1.87. The van der Waals surface area contributed by atoms with E-state index in [1.165, 1.54) is 6.66 Å². The molecule has 2 nitrogen and oxygen atoms in total. The quantitative estimate of drug-likeness (QED) is 0.425. The minimum Gasteiger partial charge on any atom is -0.320 e. The second-order valence-electron chi connectivity index (χ2n) is 0.464. The predicted molar refractivity (Wildman–Crippen MR) is 15.7 cm³/mol. The lowest BCUT2D eigenvalue weighted by atomic mass is 12.0. The summed E-state index contributed by atoms with van der Waals surface area (Å²) in [6, 6.07) is 0. The van der Waals surface area contributed by atoms with Crippen LogP contribution in [0.5, 0.6) is 0 Å². The Kier molecular flexibility index (Phi) is 1.41. The Balaban J connectivity index is 2.80. The maximum Gasteiger partial charge on any atom is 0.206 e. The number of hydrogen-bond acceptors (Lipinski definition) is 1. The van der Waals surface area contributed by atoms with Gasteiger partial charge in [-0.3, -0.25) is 4.57 Å². The van der Waals surface area contributed by atoms with E-state index < -0.39 is 8.03 Å². The molecule has 0 aromatic heterocycles. The summed E-state index contributed by atoms with van der Waals surface area (Å²) < 4.78 is 9.15. The first kappa shape index (κ1) is 4.06. The van der Waals surface area contributed by atoms with Gasteiger partial charge in [-0.2, -0.15) is 0 Å². The third-order valence-electron chi connectivity index (χ3n) is 0. The predicted octanol–water partition coefficient (Wildman–Crippen LogP) is 0.351. The van der Waals surface area contributed by atoms with E-state index in [4.69, 9.17) is 9.46 Å². The van der Waals surface area contributed by atoms with Crippen LogP contribution >= 0.6 is 8.03 Å². The molecular weight excluding hydrogens is 75.0 g/mol. The molecule has 1 radical (unpaired) electrons. The minimum atomic E-state index is -1.87. The highest BCUT2D eigenvalue weighted by Crippen LogP contribution is 1.99. The standard InChI is InChI=1S/CH4O2P/c1-4(2)3/h1H3,(H,2,3). The van der Waals surface area contributed by atoms with Gasteiger partial charge in [0, 0.05) is 6.66 Å². The molecule has 0 aromatic carbocycles. The summed E-state index contributed by atoms with van der Waals surface area (Å²) in [4.78, 5) is 7.56. The maximum absolute atomic E-state index is 9.15. The van der Waals surface area contributed by atoms with Crippen molar-refractivity contribution < 1.29 is 9.46 Å². The molecular formula is CH4O2P. The van der Waals surface area contributed by atoms with E-state index >= 15 is 0 Å².